The summed E-state index contributed by atoms with van der Waals surface area (Å²) in [5, 5.41) is 25.4. The highest BCUT2D eigenvalue weighted by Gasteiger charge is 2.33. The van der Waals surface area contributed by atoms with Gasteiger partial charge in [0.25, 0.3) is 5.91 Å². The number of aromatic nitrogens is 7. The summed E-state index contributed by atoms with van der Waals surface area (Å²) in [7, 11) is 0. The van der Waals surface area contributed by atoms with Gasteiger partial charge in [0.1, 0.15) is 12.3 Å². The zero-order valence-corrected chi connectivity index (χ0v) is 20.9. The van der Waals surface area contributed by atoms with Crippen molar-refractivity contribution < 1.29 is 14.6 Å². The molecule has 12 nitrogen and oxygen atoms in total. The normalized spacial score (nSPS) is 20.4. The third kappa shape index (κ3) is 4.06. The van der Waals surface area contributed by atoms with Crippen molar-refractivity contribution in [1.82, 2.24) is 34.7 Å². The number of para-hydroxylation sites is 1. The second kappa shape index (κ2) is 8.62. The number of nitrogens with zero attached hydrogens (tertiary/aromatic N) is 8. The molecule has 1 saturated heterocycles. The van der Waals surface area contributed by atoms with Gasteiger partial charge in [-0.05, 0) is 54.8 Å². The molecule has 1 saturated carbocycles. The number of fused-ring (bicyclic) bond motifs is 3. The van der Waals surface area contributed by atoms with Crippen LogP contribution in [0.2, 0.25) is 0 Å². The van der Waals surface area contributed by atoms with Crippen molar-refractivity contribution in [2.45, 2.75) is 44.2 Å². The highest BCUT2D eigenvalue weighted by molar-refractivity contribution is 6.05. The molecule has 2 aliphatic heterocycles. The molecule has 0 radical (unpaired) electrons. The molecule has 7 rings (SSSR count). The predicted molar refractivity (Wildman–Crippen MR) is 137 cm³/mol. The third-order valence-corrected chi connectivity index (χ3v) is 7.35. The minimum Gasteiger partial charge on any atom is -0.489 e. The first-order valence-corrected chi connectivity index (χ1v) is 12.8. The number of nitrogens with one attached hydrogen (secondary N) is 1. The van der Waals surface area contributed by atoms with E-state index in [1.165, 1.54) is 0 Å². The number of hydrogen-bond acceptors (Lipinski definition) is 9. The van der Waals surface area contributed by atoms with E-state index >= 15 is 0 Å². The number of ether oxygens (including phenoxy) is 1. The Labute approximate surface area is 218 Å². The third-order valence-electron chi connectivity index (χ3n) is 7.35. The van der Waals surface area contributed by atoms with Gasteiger partial charge in [-0.3, -0.25) is 4.79 Å². The van der Waals surface area contributed by atoms with Crippen molar-refractivity contribution in [2.24, 2.45) is 0 Å². The van der Waals surface area contributed by atoms with Gasteiger partial charge in [-0.2, -0.15) is 0 Å². The maximum atomic E-state index is 13.5. The zero-order chi connectivity index (χ0) is 25.9. The number of hydrogen-bond donors (Lipinski definition) is 2. The van der Waals surface area contributed by atoms with Crippen molar-refractivity contribution in [1.29, 1.82) is 0 Å². The average molecular weight is 514 g/mol. The smallest absolute Gasteiger partial charge is 0.274 e. The summed E-state index contributed by atoms with van der Waals surface area (Å²) < 4.78 is 9.61. The maximum Gasteiger partial charge on any atom is 0.274 e. The van der Waals surface area contributed by atoms with Gasteiger partial charge in [0.05, 0.1) is 53.0 Å². The molecular weight excluding hydrogens is 486 g/mol. The van der Waals surface area contributed by atoms with Crippen LogP contribution in [0.4, 0.5) is 11.4 Å². The minimum atomic E-state index is -0.772. The highest BCUT2D eigenvalue weighted by atomic mass is 16.5. The average Bonchev–Trinajstić information content (AvgIpc) is 3.33. The Bertz CT molecular complexity index is 1540. The predicted octanol–water partition coefficient (Wildman–Crippen LogP) is 2.40. The van der Waals surface area contributed by atoms with Gasteiger partial charge in [-0.1, -0.05) is 6.07 Å². The van der Waals surface area contributed by atoms with Crippen LogP contribution in [0.5, 0.6) is 5.75 Å². The number of carbonyl (C=O) groups excluding carboxylic acids is 1. The number of carbonyl (C=O) groups is 1. The van der Waals surface area contributed by atoms with Crippen LogP contribution in [0, 0.1) is 0 Å². The fraction of sp³-hybridized carbons (Fsp3) is 0.385. The van der Waals surface area contributed by atoms with Gasteiger partial charge in [-0.15, -0.1) is 5.10 Å². The Morgan fingerprint density at radius 2 is 2.11 bits per heavy atom. The van der Waals surface area contributed by atoms with Gasteiger partial charge in [0.2, 0.25) is 0 Å². The van der Waals surface area contributed by atoms with E-state index in [2.05, 4.69) is 35.7 Å². The molecule has 194 valence electrons. The van der Waals surface area contributed by atoms with Gasteiger partial charge in [0, 0.05) is 25.2 Å². The van der Waals surface area contributed by atoms with Gasteiger partial charge in [0.15, 0.2) is 11.6 Å². The molecule has 5 heterocycles. The van der Waals surface area contributed by atoms with Crippen LogP contribution < -0.4 is 15.0 Å². The summed E-state index contributed by atoms with van der Waals surface area (Å²) in [5.41, 5.74) is 3.41. The molecule has 38 heavy (non-hydrogen) atoms. The number of amides is 1. The number of imidazole rings is 1. The van der Waals surface area contributed by atoms with Crippen LogP contribution in [0.25, 0.3) is 17.1 Å². The van der Waals surface area contributed by atoms with E-state index in [-0.39, 0.29) is 11.6 Å². The van der Waals surface area contributed by atoms with E-state index in [1.54, 1.807) is 29.3 Å². The number of anilines is 2. The molecule has 4 aromatic rings. The largest absolute Gasteiger partial charge is 0.489 e. The molecular formula is C26H27N9O3. The van der Waals surface area contributed by atoms with Crippen LogP contribution in [0.15, 0.2) is 43.0 Å². The lowest BCUT2D eigenvalue weighted by Gasteiger charge is -2.23. The van der Waals surface area contributed by atoms with Crippen LogP contribution in [-0.4, -0.2) is 71.1 Å². The summed E-state index contributed by atoms with van der Waals surface area (Å²) >= 11 is 0. The lowest BCUT2D eigenvalue weighted by atomic mass is 10.1. The lowest BCUT2D eigenvalue weighted by Crippen LogP contribution is -2.30. The summed E-state index contributed by atoms with van der Waals surface area (Å²) in [4.78, 5) is 24.7. The quantitative estimate of drug-likeness (QED) is 0.412. The molecule has 1 aromatic carbocycles. The van der Waals surface area contributed by atoms with Crippen LogP contribution in [0.3, 0.4) is 0 Å². The van der Waals surface area contributed by atoms with E-state index in [0.717, 1.165) is 29.9 Å². The first-order valence-electron chi connectivity index (χ1n) is 12.8. The minimum absolute atomic E-state index is 0.257. The highest BCUT2D eigenvalue weighted by Crippen LogP contribution is 2.40. The lowest BCUT2D eigenvalue weighted by molar-refractivity contribution is 0.0839. The van der Waals surface area contributed by atoms with E-state index in [0.29, 0.717) is 61.4 Å². The number of rotatable bonds is 5. The SMILES string of the molecule is CC1(O)CCN(c2cnc(C(=O)Nc3cccc4c3OCCn3nnnc3-4)cc2-n2cnc(C3CC3)c2)C1. The number of β-amino-alcohol motifs (C(OH)–C–C–N with tert-alkyl or cyclic N) is 1. The van der Waals surface area contributed by atoms with Gasteiger partial charge in [-0.25, -0.2) is 14.6 Å². The molecule has 2 fully saturated rings. The summed E-state index contributed by atoms with van der Waals surface area (Å²) in [5.74, 6) is 1.25. The summed E-state index contributed by atoms with van der Waals surface area (Å²) in [6.07, 6.45) is 8.49. The monoisotopic (exact) mass is 513 g/mol. The zero-order valence-electron chi connectivity index (χ0n) is 20.9. The summed E-state index contributed by atoms with van der Waals surface area (Å²) in [6, 6.07) is 7.26. The number of benzene rings is 1. The fourth-order valence-electron chi connectivity index (χ4n) is 5.16. The van der Waals surface area contributed by atoms with Crippen molar-refractivity contribution in [3.8, 4) is 22.8 Å². The van der Waals surface area contributed by atoms with Gasteiger partial charge < -0.3 is 24.6 Å². The standard InChI is InChI=1S/C26H27N9O3/c1-26(37)7-8-33(14-26)22-12-27-19(11-21(22)34-13-20(28-15-34)16-5-6-16)25(36)29-18-4-2-3-17-23(18)38-10-9-35-24(17)30-31-32-35/h2-4,11-13,15-16,37H,5-10,14H2,1H3,(H,29,36). The molecule has 0 bridgehead atoms. The van der Waals surface area contributed by atoms with Crippen LogP contribution >= 0.6 is 0 Å². The van der Waals surface area contributed by atoms with Gasteiger partial charge >= 0.3 is 0 Å². The topological polar surface area (TPSA) is 136 Å². The molecule has 3 aromatic heterocycles. The molecule has 12 heteroatoms. The molecule has 1 unspecified atom stereocenters. The molecule has 0 spiro atoms. The maximum absolute atomic E-state index is 13.5. The van der Waals surface area contributed by atoms with Crippen LogP contribution in [0.1, 0.15) is 48.3 Å². The molecule has 1 amide bonds. The number of pyridine rings is 1. The Hall–Kier alpha value is -4.32. The van der Waals surface area contributed by atoms with Crippen LogP contribution in [-0.2, 0) is 6.54 Å². The summed E-state index contributed by atoms with van der Waals surface area (Å²) in [6.45, 7) is 3.91. The second-order valence-electron chi connectivity index (χ2n) is 10.4. The fourth-order valence-corrected chi connectivity index (χ4v) is 5.16. The Morgan fingerprint density at radius 3 is 2.92 bits per heavy atom. The van der Waals surface area contributed by atoms with Crippen molar-refractivity contribution in [3.63, 3.8) is 0 Å². The Morgan fingerprint density at radius 1 is 1.21 bits per heavy atom. The van der Waals surface area contributed by atoms with E-state index in [9.17, 15) is 9.90 Å². The van der Waals surface area contributed by atoms with E-state index in [1.807, 2.05) is 29.8 Å². The first-order chi connectivity index (χ1) is 18.4. The molecule has 1 atom stereocenters. The van der Waals surface area contributed by atoms with Crippen molar-refractivity contribution in [3.05, 3.63) is 54.4 Å². The van der Waals surface area contributed by atoms with E-state index in [4.69, 9.17) is 4.74 Å². The molecule has 2 N–H and O–H groups in total. The van der Waals surface area contributed by atoms with Crippen molar-refractivity contribution in [2.75, 3.05) is 29.9 Å². The first kappa shape index (κ1) is 22.8. The Kier molecular flexibility index (Phi) is 5.18. The van der Waals surface area contributed by atoms with E-state index < -0.39 is 5.60 Å². The number of tetrazole rings is 1. The van der Waals surface area contributed by atoms with Crippen molar-refractivity contribution >= 4 is 17.3 Å². The molecule has 1 aliphatic carbocycles. The molecule has 3 aliphatic rings. The number of aliphatic hydroxyl groups is 1. The second-order valence-corrected chi connectivity index (χ2v) is 10.4. The Balaban J connectivity index is 1.23.